The van der Waals surface area contributed by atoms with Crippen molar-refractivity contribution in [2.75, 3.05) is 73.2 Å². The lowest BCUT2D eigenvalue weighted by molar-refractivity contribution is -0.385. The van der Waals surface area contributed by atoms with Gasteiger partial charge in [-0.1, -0.05) is 0 Å². The molecule has 0 radical (unpaired) electrons. The van der Waals surface area contributed by atoms with Gasteiger partial charge in [0.2, 0.25) is 5.91 Å². The number of nitrogens with zero attached hydrogens (tertiary/aromatic N) is 4. The number of hydrogen-bond acceptors (Lipinski definition) is 8. The Bertz CT molecular complexity index is 806. The van der Waals surface area contributed by atoms with Crippen LogP contribution in [0.5, 0.6) is 11.5 Å². The van der Waals surface area contributed by atoms with E-state index in [4.69, 9.17) is 14.2 Å². The molecule has 1 aromatic carbocycles. The largest absolute Gasteiger partial charge is 0.493 e. The number of methoxy groups -OCH3 is 2. The Hall–Kier alpha value is -2.92. The molecule has 0 bridgehead atoms. The summed E-state index contributed by atoms with van der Waals surface area (Å²) in [4.78, 5) is 41.8. The van der Waals surface area contributed by atoms with E-state index in [0.29, 0.717) is 52.4 Å². The second-order valence-corrected chi connectivity index (χ2v) is 7.25. The predicted octanol–water partition coefficient (Wildman–Crippen LogP) is 1.25. The molecule has 0 aromatic heterocycles. The van der Waals surface area contributed by atoms with Gasteiger partial charge in [0, 0.05) is 52.4 Å². The Morgan fingerprint density at radius 2 is 1.72 bits per heavy atom. The number of carbonyl (C=O) groups is 2. The molecule has 11 nitrogen and oxygen atoms in total. The maximum absolute atomic E-state index is 13.1. The number of benzene rings is 1. The lowest BCUT2D eigenvalue weighted by Crippen LogP contribution is -2.51. The molecule has 2 amide bonds. The van der Waals surface area contributed by atoms with E-state index >= 15 is 0 Å². The Labute approximate surface area is 187 Å². The van der Waals surface area contributed by atoms with E-state index in [0.717, 1.165) is 0 Å². The maximum atomic E-state index is 13.1. The molecule has 0 N–H and O–H groups in total. The first kappa shape index (κ1) is 25.3. The van der Waals surface area contributed by atoms with E-state index in [1.165, 1.54) is 26.4 Å². The fraction of sp³-hybridized carbons (Fsp3) is 0.619. The molecule has 0 spiro atoms. The van der Waals surface area contributed by atoms with Crippen LogP contribution in [-0.4, -0.2) is 105 Å². The molecule has 32 heavy (non-hydrogen) atoms. The van der Waals surface area contributed by atoms with Crippen LogP contribution in [0.15, 0.2) is 12.1 Å². The second kappa shape index (κ2) is 12.2. The molecular weight excluding hydrogens is 420 g/mol. The summed E-state index contributed by atoms with van der Waals surface area (Å²) in [5.41, 5.74) is -0.402. The van der Waals surface area contributed by atoms with Crippen molar-refractivity contribution >= 4 is 17.5 Å². The average molecular weight is 453 g/mol. The summed E-state index contributed by atoms with van der Waals surface area (Å²) in [6.07, 6.45) is 0. The van der Waals surface area contributed by atoms with Gasteiger partial charge >= 0.3 is 0 Å². The van der Waals surface area contributed by atoms with Gasteiger partial charge in [-0.3, -0.25) is 24.6 Å². The van der Waals surface area contributed by atoms with Crippen molar-refractivity contribution in [1.29, 1.82) is 0 Å². The van der Waals surface area contributed by atoms with Gasteiger partial charge in [-0.15, -0.1) is 0 Å². The zero-order valence-corrected chi connectivity index (χ0v) is 19.2. The molecule has 1 saturated heterocycles. The lowest BCUT2D eigenvalue weighted by atomic mass is 10.1. The summed E-state index contributed by atoms with van der Waals surface area (Å²) >= 11 is 0. The second-order valence-electron chi connectivity index (χ2n) is 7.25. The van der Waals surface area contributed by atoms with E-state index in [1.54, 1.807) is 9.80 Å². The topological polar surface area (TPSA) is 115 Å². The number of likely N-dealkylation sites (N-methyl/N-ethyl adjacent to an activating group) is 1. The minimum Gasteiger partial charge on any atom is -0.493 e. The normalized spacial score (nSPS) is 14.2. The number of ether oxygens (including phenoxy) is 3. The smallest absolute Gasteiger partial charge is 0.286 e. The summed E-state index contributed by atoms with van der Waals surface area (Å²) in [5.74, 6) is 0.0124. The maximum Gasteiger partial charge on any atom is 0.286 e. The number of rotatable bonds is 11. The van der Waals surface area contributed by atoms with Crippen LogP contribution >= 0.6 is 0 Å². The standard InChI is InChI=1S/C21H32N4O7/c1-5-23(6-2)20(26)15-22-7-9-24(10-8-22)21(27)16-13-18(31-4)19(32-12-11-30-3)14-17(16)25(28)29/h13-14H,5-12,15H2,1-4H3. The molecule has 11 heteroatoms. The zero-order chi connectivity index (χ0) is 23.7. The molecule has 1 heterocycles. The minimum absolute atomic E-state index is 0.0548. The van der Waals surface area contributed by atoms with Crippen LogP contribution < -0.4 is 9.47 Å². The van der Waals surface area contributed by atoms with Crippen LogP contribution in [0.25, 0.3) is 0 Å². The van der Waals surface area contributed by atoms with Crippen LogP contribution in [0.1, 0.15) is 24.2 Å². The van der Waals surface area contributed by atoms with Crippen LogP contribution in [0.4, 0.5) is 5.69 Å². The molecule has 0 unspecified atom stereocenters. The third-order valence-electron chi connectivity index (χ3n) is 5.39. The summed E-state index contributed by atoms with van der Waals surface area (Å²) in [6, 6.07) is 2.56. The van der Waals surface area contributed by atoms with Crippen molar-refractivity contribution in [3.63, 3.8) is 0 Å². The zero-order valence-electron chi connectivity index (χ0n) is 19.2. The first-order valence-corrected chi connectivity index (χ1v) is 10.6. The third-order valence-corrected chi connectivity index (χ3v) is 5.39. The van der Waals surface area contributed by atoms with E-state index in [1.807, 2.05) is 18.7 Å². The minimum atomic E-state index is -0.602. The van der Waals surface area contributed by atoms with E-state index in [-0.39, 0.29) is 35.3 Å². The Morgan fingerprint density at radius 3 is 2.25 bits per heavy atom. The number of amides is 2. The molecular formula is C21H32N4O7. The molecule has 178 valence electrons. The van der Waals surface area contributed by atoms with Gasteiger partial charge in [0.1, 0.15) is 12.2 Å². The number of nitro benzene ring substituents is 1. The fourth-order valence-corrected chi connectivity index (χ4v) is 3.53. The monoisotopic (exact) mass is 452 g/mol. The first-order valence-electron chi connectivity index (χ1n) is 10.6. The Balaban J connectivity index is 2.12. The van der Waals surface area contributed by atoms with Gasteiger partial charge < -0.3 is 24.0 Å². The molecule has 1 fully saturated rings. The fourth-order valence-electron chi connectivity index (χ4n) is 3.53. The lowest BCUT2D eigenvalue weighted by Gasteiger charge is -2.35. The molecule has 1 aliphatic heterocycles. The van der Waals surface area contributed by atoms with Gasteiger partial charge in [-0.05, 0) is 13.8 Å². The third kappa shape index (κ3) is 6.30. The quantitative estimate of drug-likeness (QED) is 0.280. The highest BCUT2D eigenvalue weighted by molar-refractivity contribution is 5.99. The summed E-state index contributed by atoms with van der Waals surface area (Å²) in [5, 5.41) is 11.6. The van der Waals surface area contributed by atoms with Gasteiger partial charge in [-0.2, -0.15) is 0 Å². The SMILES string of the molecule is CCN(CC)C(=O)CN1CCN(C(=O)c2cc(OC)c(OCCOC)cc2[N+](=O)[O-])CC1. The highest BCUT2D eigenvalue weighted by Crippen LogP contribution is 2.35. The van der Waals surface area contributed by atoms with E-state index in [2.05, 4.69) is 0 Å². The van der Waals surface area contributed by atoms with Gasteiger partial charge in [-0.25, -0.2) is 0 Å². The molecule has 0 atom stereocenters. The number of hydrogen-bond donors (Lipinski definition) is 0. The summed E-state index contributed by atoms with van der Waals surface area (Å²) in [6.45, 7) is 7.75. The Morgan fingerprint density at radius 1 is 1.06 bits per heavy atom. The van der Waals surface area contributed by atoms with Crippen molar-refractivity contribution < 1.29 is 28.7 Å². The Kier molecular flexibility index (Phi) is 9.66. The van der Waals surface area contributed by atoms with Crippen molar-refractivity contribution in [2.24, 2.45) is 0 Å². The van der Waals surface area contributed by atoms with Crippen LogP contribution in [-0.2, 0) is 9.53 Å². The van der Waals surface area contributed by atoms with Crippen LogP contribution in [0, 0.1) is 10.1 Å². The molecule has 0 aliphatic carbocycles. The number of carbonyl (C=O) groups excluding carboxylic acids is 2. The van der Waals surface area contributed by atoms with Gasteiger partial charge in [0.25, 0.3) is 11.6 Å². The molecule has 0 saturated carbocycles. The number of nitro groups is 1. The first-order chi connectivity index (χ1) is 15.4. The summed E-state index contributed by atoms with van der Waals surface area (Å²) in [7, 11) is 2.92. The highest BCUT2D eigenvalue weighted by Gasteiger charge is 2.30. The molecule has 1 aliphatic rings. The molecule has 1 aromatic rings. The molecule has 2 rings (SSSR count). The summed E-state index contributed by atoms with van der Waals surface area (Å²) < 4.78 is 15.7. The van der Waals surface area contributed by atoms with E-state index < -0.39 is 10.8 Å². The van der Waals surface area contributed by atoms with Crippen LogP contribution in [0.3, 0.4) is 0 Å². The highest BCUT2D eigenvalue weighted by atomic mass is 16.6. The van der Waals surface area contributed by atoms with Gasteiger partial charge in [0.05, 0.1) is 31.3 Å². The van der Waals surface area contributed by atoms with Crippen molar-refractivity contribution in [3.05, 3.63) is 27.8 Å². The van der Waals surface area contributed by atoms with Crippen LogP contribution in [0.2, 0.25) is 0 Å². The average Bonchev–Trinajstić information content (AvgIpc) is 2.79. The van der Waals surface area contributed by atoms with Gasteiger partial charge in [0.15, 0.2) is 11.5 Å². The van der Waals surface area contributed by atoms with E-state index in [9.17, 15) is 19.7 Å². The van der Waals surface area contributed by atoms with Crippen molar-refractivity contribution in [2.45, 2.75) is 13.8 Å². The van der Waals surface area contributed by atoms with Crippen molar-refractivity contribution in [3.8, 4) is 11.5 Å². The van der Waals surface area contributed by atoms with Crippen molar-refractivity contribution in [1.82, 2.24) is 14.7 Å². The predicted molar refractivity (Wildman–Crippen MR) is 117 cm³/mol. The number of piperazine rings is 1.